The van der Waals surface area contributed by atoms with Crippen molar-refractivity contribution >= 4 is 0 Å². The maximum Gasteiger partial charge on any atom is 0.213 e. The first-order valence-corrected chi connectivity index (χ1v) is 6.22. The molecular weight excluding hydrogens is 214 g/mol. The zero-order valence-corrected chi connectivity index (χ0v) is 11.3. The number of rotatable bonds is 5. The third-order valence-corrected chi connectivity index (χ3v) is 2.56. The van der Waals surface area contributed by atoms with E-state index in [1.807, 2.05) is 12.1 Å². The summed E-state index contributed by atoms with van der Waals surface area (Å²) >= 11 is 0. The molecule has 3 heteroatoms. The van der Waals surface area contributed by atoms with Crippen LogP contribution in [0.1, 0.15) is 51.8 Å². The van der Waals surface area contributed by atoms with Crippen molar-refractivity contribution in [2.45, 2.75) is 52.6 Å². The summed E-state index contributed by atoms with van der Waals surface area (Å²) in [5, 5.41) is 9.24. The molecule has 0 aliphatic carbocycles. The summed E-state index contributed by atoms with van der Waals surface area (Å²) in [6.45, 7) is 9.14. The highest BCUT2D eigenvalue weighted by atomic mass is 16.5. The van der Waals surface area contributed by atoms with Crippen molar-refractivity contribution in [3.05, 3.63) is 23.4 Å². The molecule has 1 heterocycles. The van der Waals surface area contributed by atoms with Crippen LogP contribution in [0.5, 0.6) is 5.88 Å². The van der Waals surface area contributed by atoms with Gasteiger partial charge in [0, 0.05) is 11.5 Å². The molecule has 0 radical (unpaired) electrons. The summed E-state index contributed by atoms with van der Waals surface area (Å²) in [5.41, 5.74) is 1.78. The lowest BCUT2D eigenvalue weighted by Crippen LogP contribution is -2.15. The van der Waals surface area contributed by atoms with Gasteiger partial charge < -0.3 is 9.84 Å². The van der Waals surface area contributed by atoms with Crippen molar-refractivity contribution in [2.24, 2.45) is 0 Å². The zero-order chi connectivity index (χ0) is 12.9. The highest BCUT2D eigenvalue weighted by molar-refractivity contribution is 5.28. The van der Waals surface area contributed by atoms with Gasteiger partial charge in [-0.3, -0.25) is 0 Å². The number of hydrogen-bond donors (Lipinski definition) is 1. The van der Waals surface area contributed by atoms with Crippen LogP contribution in [0.2, 0.25) is 0 Å². The molecule has 0 aliphatic rings. The average Bonchev–Trinajstić information content (AvgIpc) is 2.28. The Bertz CT molecular complexity index is 356. The highest BCUT2D eigenvalue weighted by Crippen LogP contribution is 2.24. The van der Waals surface area contributed by atoms with E-state index in [-0.39, 0.29) is 12.0 Å². The van der Waals surface area contributed by atoms with Crippen LogP contribution in [0.4, 0.5) is 0 Å². The van der Waals surface area contributed by atoms with Gasteiger partial charge in [0.15, 0.2) is 0 Å². The monoisotopic (exact) mass is 237 g/mol. The summed E-state index contributed by atoms with van der Waals surface area (Å²) in [7, 11) is 0. The molecule has 0 amide bonds. The second-order valence-electron chi connectivity index (χ2n) is 5.31. The average molecular weight is 237 g/mol. The number of nitrogens with zero attached hydrogens (tertiary/aromatic N) is 1. The molecule has 1 rings (SSSR count). The van der Waals surface area contributed by atoms with Gasteiger partial charge >= 0.3 is 0 Å². The number of aliphatic hydroxyl groups is 1. The Morgan fingerprint density at radius 3 is 2.53 bits per heavy atom. The molecule has 1 aromatic heterocycles. The standard InChI is InChI=1S/C14H23NO2/c1-5-6-7-17-13-9-11(10-16)8-12(15-13)14(2,3)4/h8-9,16H,5-7,10H2,1-4H3. The first-order chi connectivity index (χ1) is 7.97. The summed E-state index contributed by atoms with van der Waals surface area (Å²) in [4.78, 5) is 4.49. The van der Waals surface area contributed by atoms with Crippen LogP contribution < -0.4 is 4.74 Å². The smallest absolute Gasteiger partial charge is 0.213 e. The number of pyridine rings is 1. The van der Waals surface area contributed by atoms with Gasteiger partial charge in [-0.2, -0.15) is 0 Å². The van der Waals surface area contributed by atoms with E-state index in [4.69, 9.17) is 4.74 Å². The van der Waals surface area contributed by atoms with E-state index in [0.717, 1.165) is 24.1 Å². The minimum atomic E-state index is -0.0337. The molecule has 0 saturated carbocycles. The predicted octanol–water partition coefficient (Wildman–Crippen LogP) is 3.05. The fourth-order valence-electron chi connectivity index (χ4n) is 1.43. The Morgan fingerprint density at radius 1 is 1.29 bits per heavy atom. The van der Waals surface area contributed by atoms with E-state index in [1.165, 1.54) is 0 Å². The molecule has 0 atom stereocenters. The quantitative estimate of drug-likeness (QED) is 0.800. The van der Waals surface area contributed by atoms with Gasteiger partial charge in [-0.15, -0.1) is 0 Å². The van der Waals surface area contributed by atoms with Gasteiger partial charge in [-0.25, -0.2) is 4.98 Å². The van der Waals surface area contributed by atoms with Crippen LogP contribution in [0.3, 0.4) is 0 Å². The molecule has 0 fully saturated rings. The second-order valence-corrected chi connectivity index (χ2v) is 5.31. The first-order valence-electron chi connectivity index (χ1n) is 6.22. The number of aliphatic hydroxyl groups excluding tert-OH is 1. The SMILES string of the molecule is CCCCOc1cc(CO)cc(C(C)(C)C)n1. The summed E-state index contributed by atoms with van der Waals surface area (Å²) < 4.78 is 5.60. The van der Waals surface area contributed by atoms with Crippen molar-refractivity contribution in [1.29, 1.82) is 0 Å². The molecule has 0 unspecified atom stereocenters. The Morgan fingerprint density at radius 2 is 2.00 bits per heavy atom. The van der Waals surface area contributed by atoms with Gasteiger partial charge in [-0.1, -0.05) is 34.1 Å². The van der Waals surface area contributed by atoms with Gasteiger partial charge in [0.05, 0.1) is 18.9 Å². The lowest BCUT2D eigenvalue weighted by atomic mass is 9.91. The van der Waals surface area contributed by atoms with Crippen LogP contribution in [0.15, 0.2) is 12.1 Å². The van der Waals surface area contributed by atoms with Crippen LogP contribution in [0.25, 0.3) is 0 Å². The van der Waals surface area contributed by atoms with Crippen molar-refractivity contribution in [3.8, 4) is 5.88 Å². The van der Waals surface area contributed by atoms with Crippen LogP contribution in [0, 0.1) is 0 Å². The van der Waals surface area contributed by atoms with Gasteiger partial charge in [0.2, 0.25) is 5.88 Å². The molecule has 0 aliphatic heterocycles. The van der Waals surface area contributed by atoms with E-state index < -0.39 is 0 Å². The Kier molecular flexibility index (Phi) is 4.94. The van der Waals surface area contributed by atoms with Crippen LogP contribution >= 0.6 is 0 Å². The maximum absolute atomic E-state index is 9.24. The van der Waals surface area contributed by atoms with Crippen molar-refractivity contribution in [1.82, 2.24) is 4.98 Å². The summed E-state index contributed by atoms with van der Waals surface area (Å²) in [5.74, 6) is 0.620. The molecule has 0 spiro atoms. The van der Waals surface area contributed by atoms with E-state index in [2.05, 4.69) is 32.7 Å². The largest absolute Gasteiger partial charge is 0.478 e. The number of unbranched alkanes of at least 4 members (excludes halogenated alkanes) is 1. The zero-order valence-electron chi connectivity index (χ0n) is 11.3. The Balaban J connectivity index is 2.89. The van der Waals surface area contributed by atoms with Crippen LogP contribution in [-0.4, -0.2) is 16.7 Å². The minimum absolute atomic E-state index is 0.0235. The number of aromatic nitrogens is 1. The molecule has 0 aromatic carbocycles. The molecular formula is C14H23NO2. The molecule has 96 valence electrons. The second kappa shape index (κ2) is 6.01. The highest BCUT2D eigenvalue weighted by Gasteiger charge is 2.17. The number of hydrogen-bond acceptors (Lipinski definition) is 3. The Labute approximate surface area is 104 Å². The van der Waals surface area contributed by atoms with E-state index in [0.29, 0.717) is 12.5 Å². The minimum Gasteiger partial charge on any atom is -0.478 e. The lowest BCUT2D eigenvalue weighted by Gasteiger charge is -2.19. The molecule has 1 N–H and O–H groups in total. The Hall–Kier alpha value is -1.09. The summed E-state index contributed by atoms with van der Waals surface area (Å²) in [6.07, 6.45) is 2.13. The molecule has 17 heavy (non-hydrogen) atoms. The van der Waals surface area contributed by atoms with E-state index in [1.54, 1.807) is 0 Å². The van der Waals surface area contributed by atoms with E-state index >= 15 is 0 Å². The van der Waals surface area contributed by atoms with Crippen molar-refractivity contribution in [2.75, 3.05) is 6.61 Å². The fourth-order valence-corrected chi connectivity index (χ4v) is 1.43. The van der Waals surface area contributed by atoms with Gasteiger partial charge in [0.1, 0.15) is 0 Å². The molecule has 0 saturated heterocycles. The van der Waals surface area contributed by atoms with Crippen LogP contribution in [-0.2, 0) is 12.0 Å². The van der Waals surface area contributed by atoms with E-state index in [9.17, 15) is 5.11 Å². The normalized spacial score (nSPS) is 11.6. The molecule has 3 nitrogen and oxygen atoms in total. The predicted molar refractivity (Wildman–Crippen MR) is 69.3 cm³/mol. The molecule has 0 bridgehead atoms. The maximum atomic E-state index is 9.24. The fraction of sp³-hybridized carbons (Fsp3) is 0.643. The third kappa shape index (κ3) is 4.35. The molecule has 1 aromatic rings. The first kappa shape index (κ1) is 14.0. The van der Waals surface area contributed by atoms with Crippen molar-refractivity contribution < 1.29 is 9.84 Å². The van der Waals surface area contributed by atoms with Gasteiger partial charge in [-0.05, 0) is 18.1 Å². The summed E-state index contributed by atoms with van der Waals surface area (Å²) in [6, 6.07) is 3.75. The number of ether oxygens (including phenoxy) is 1. The third-order valence-electron chi connectivity index (χ3n) is 2.56. The topological polar surface area (TPSA) is 42.4 Å². The lowest BCUT2D eigenvalue weighted by molar-refractivity contribution is 0.274. The van der Waals surface area contributed by atoms with Gasteiger partial charge in [0.25, 0.3) is 0 Å². The van der Waals surface area contributed by atoms with Crippen molar-refractivity contribution in [3.63, 3.8) is 0 Å².